The molecule has 2 N–H and O–H groups in total. The Labute approximate surface area is 153 Å². The first kappa shape index (κ1) is 19.6. The van der Waals surface area contributed by atoms with Crippen molar-refractivity contribution in [2.75, 3.05) is 30.9 Å². The van der Waals surface area contributed by atoms with Gasteiger partial charge in [0.25, 0.3) is 0 Å². The van der Waals surface area contributed by atoms with Gasteiger partial charge in [-0.1, -0.05) is 25.5 Å². The average Bonchev–Trinajstić information content (AvgIpc) is 2.64. The van der Waals surface area contributed by atoms with Crippen molar-refractivity contribution in [1.29, 1.82) is 0 Å². The number of nitro groups is 1. The van der Waals surface area contributed by atoms with Crippen molar-refractivity contribution in [2.45, 2.75) is 32.6 Å². The van der Waals surface area contributed by atoms with E-state index < -0.39 is 4.92 Å². The van der Waals surface area contributed by atoms with Gasteiger partial charge in [-0.15, -0.1) is 0 Å². The number of aryl methyl sites for hydroxylation is 1. The third-order valence-corrected chi connectivity index (χ3v) is 3.86. The molecule has 0 fully saturated rings. The fourth-order valence-corrected chi connectivity index (χ4v) is 2.47. The molecule has 2 aromatic rings. The lowest BCUT2D eigenvalue weighted by Crippen LogP contribution is -2.10. The SMILES string of the molecule is CCCCc1ccc(Nc2ncnc(NCCCOC)c2[N+](=O)[O-])cc1. The van der Waals surface area contributed by atoms with Crippen molar-refractivity contribution in [3.8, 4) is 0 Å². The topological polar surface area (TPSA) is 102 Å². The third-order valence-electron chi connectivity index (χ3n) is 3.86. The van der Waals surface area contributed by atoms with Crippen LogP contribution in [-0.2, 0) is 11.2 Å². The summed E-state index contributed by atoms with van der Waals surface area (Å²) in [6.07, 6.45) is 5.35. The fourth-order valence-electron chi connectivity index (χ4n) is 2.47. The van der Waals surface area contributed by atoms with Crippen LogP contribution in [0.2, 0.25) is 0 Å². The summed E-state index contributed by atoms with van der Waals surface area (Å²) in [5.41, 5.74) is 1.83. The zero-order chi connectivity index (χ0) is 18.8. The minimum atomic E-state index is -0.476. The highest BCUT2D eigenvalue weighted by molar-refractivity contribution is 5.73. The van der Waals surface area contributed by atoms with Crippen molar-refractivity contribution in [2.24, 2.45) is 0 Å². The molecule has 0 saturated carbocycles. The Morgan fingerprint density at radius 1 is 1.15 bits per heavy atom. The second-order valence-electron chi connectivity index (χ2n) is 5.88. The van der Waals surface area contributed by atoms with Gasteiger partial charge in [-0.05, 0) is 37.0 Å². The van der Waals surface area contributed by atoms with E-state index in [4.69, 9.17) is 4.74 Å². The van der Waals surface area contributed by atoms with E-state index in [1.807, 2.05) is 24.3 Å². The number of anilines is 3. The summed E-state index contributed by atoms with van der Waals surface area (Å²) in [7, 11) is 1.61. The van der Waals surface area contributed by atoms with Crippen LogP contribution in [0.5, 0.6) is 0 Å². The van der Waals surface area contributed by atoms with Crippen LogP contribution in [0.4, 0.5) is 23.0 Å². The Bertz CT molecular complexity index is 706. The number of nitrogens with zero attached hydrogens (tertiary/aromatic N) is 3. The predicted octanol–water partition coefficient (Wildman–Crippen LogP) is 3.92. The second kappa shape index (κ2) is 10.3. The lowest BCUT2D eigenvalue weighted by atomic mass is 10.1. The lowest BCUT2D eigenvalue weighted by Gasteiger charge is -2.10. The molecule has 2 rings (SSSR count). The highest BCUT2D eigenvalue weighted by Crippen LogP contribution is 2.31. The molecule has 0 saturated heterocycles. The molecule has 0 bridgehead atoms. The van der Waals surface area contributed by atoms with E-state index in [0.29, 0.717) is 13.2 Å². The van der Waals surface area contributed by atoms with Gasteiger partial charge >= 0.3 is 5.69 Å². The highest BCUT2D eigenvalue weighted by atomic mass is 16.6. The summed E-state index contributed by atoms with van der Waals surface area (Å²) < 4.78 is 4.98. The van der Waals surface area contributed by atoms with Gasteiger partial charge in [0, 0.05) is 25.9 Å². The number of ether oxygens (including phenoxy) is 1. The van der Waals surface area contributed by atoms with Crippen LogP contribution in [0, 0.1) is 10.1 Å². The van der Waals surface area contributed by atoms with Gasteiger partial charge < -0.3 is 15.4 Å². The monoisotopic (exact) mass is 359 g/mol. The minimum Gasteiger partial charge on any atom is -0.385 e. The van der Waals surface area contributed by atoms with Crippen molar-refractivity contribution in [3.05, 3.63) is 46.3 Å². The largest absolute Gasteiger partial charge is 0.385 e. The quantitative estimate of drug-likeness (QED) is 0.356. The maximum absolute atomic E-state index is 11.5. The van der Waals surface area contributed by atoms with Crippen molar-refractivity contribution in [3.63, 3.8) is 0 Å². The molecule has 26 heavy (non-hydrogen) atoms. The first-order valence-corrected chi connectivity index (χ1v) is 8.73. The molecule has 8 heteroatoms. The number of unbranched alkanes of at least 4 members (excludes halogenated alkanes) is 1. The zero-order valence-corrected chi connectivity index (χ0v) is 15.2. The first-order chi connectivity index (χ1) is 12.7. The second-order valence-corrected chi connectivity index (χ2v) is 5.88. The van der Waals surface area contributed by atoms with Gasteiger partial charge in [0.15, 0.2) is 0 Å². The normalized spacial score (nSPS) is 10.5. The molecule has 0 aliphatic rings. The smallest absolute Gasteiger partial charge is 0.353 e. The first-order valence-electron chi connectivity index (χ1n) is 8.73. The van der Waals surface area contributed by atoms with Crippen LogP contribution < -0.4 is 10.6 Å². The Kier molecular flexibility index (Phi) is 7.75. The molecule has 0 spiro atoms. The van der Waals surface area contributed by atoms with E-state index in [1.54, 1.807) is 7.11 Å². The van der Waals surface area contributed by atoms with E-state index in [2.05, 4.69) is 27.5 Å². The molecule has 0 atom stereocenters. The number of rotatable bonds is 11. The van der Waals surface area contributed by atoms with E-state index in [-0.39, 0.29) is 17.3 Å². The molecular weight excluding hydrogens is 334 g/mol. The Morgan fingerprint density at radius 2 is 1.88 bits per heavy atom. The third kappa shape index (κ3) is 5.66. The Hall–Kier alpha value is -2.74. The number of hydrogen-bond donors (Lipinski definition) is 2. The fraction of sp³-hybridized carbons (Fsp3) is 0.444. The van der Waals surface area contributed by atoms with E-state index >= 15 is 0 Å². The number of hydrogen-bond acceptors (Lipinski definition) is 7. The van der Waals surface area contributed by atoms with E-state index in [9.17, 15) is 10.1 Å². The number of aromatic nitrogens is 2. The summed E-state index contributed by atoms with van der Waals surface area (Å²) in [4.78, 5) is 19.1. The van der Waals surface area contributed by atoms with Gasteiger partial charge in [-0.25, -0.2) is 9.97 Å². The predicted molar refractivity (Wildman–Crippen MR) is 102 cm³/mol. The molecule has 140 valence electrons. The molecular formula is C18H25N5O3. The van der Waals surface area contributed by atoms with Crippen LogP contribution >= 0.6 is 0 Å². The minimum absolute atomic E-state index is 0.167. The Morgan fingerprint density at radius 3 is 2.54 bits per heavy atom. The average molecular weight is 359 g/mol. The van der Waals surface area contributed by atoms with E-state index in [1.165, 1.54) is 11.9 Å². The number of nitrogens with one attached hydrogen (secondary N) is 2. The Balaban J connectivity index is 2.13. The maximum Gasteiger partial charge on any atom is 0.353 e. The van der Waals surface area contributed by atoms with Crippen molar-refractivity contribution >= 4 is 23.0 Å². The van der Waals surface area contributed by atoms with Crippen LogP contribution in [0.1, 0.15) is 31.7 Å². The zero-order valence-electron chi connectivity index (χ0n) is 15.2. The summed E-state index contributed by atoms with van der Waals surface area (Å²) >= 11 is 0. The number of benzene rings is 1. The maximum atomic E-state index is 11.5. The van der Waals surface area contributed by atoms with Crippen LogP contribution in [-0.4, -0.2) is 35.2 Å². The molecule has 0 radical (unpaired) electrons. The highest BCUT2D eigenvalue weighted by Gasteiger charge is 2.22. The molecule has 0 unspecified atom stereocenters. The summed E-state index contributed by atoms with van der Waals surface area (Å²) in [6, 6.07) is 7.86. The summed E-state index contributed by atoms with van der Waals surface area (Å²) in [6.45, 7) is 3.25. The van der Waals surface area contributed by atoms with E-state index in [0.717, 1.165) is 31.4 Å². The van der Waals surface area contributed by atoms with Gasteiger partial charge in [-0.3, -0.25) is 10.1 Å². The molecule has 0 aliphatic heterocycles. The summed E-state index contributed by atoms with van der Waals surface area (Å²) in [5, 5.41) is 17.5. The lowest BCUT2D eigenvalue weighted by molar-refractivity contribution is -0.383. The van der Waals surface area contributed by atoms with Crippen LogP contribution in [0.3, 0.4) is 0 Å². The molecule has 1 aromatic carbocycles. The van der Waals surface area contributed by atoms with Crippen LogP contribution in [0.25, 0.3) is 0 Å². The standard InChI is InChI=1S/C18H25N5O3/c1-3-4-6-14-7-9-15(10-8-14)22-18-16(23(24)25)17(20-13-21-18)19-11-5-12-26-2/h7-10,13H,3-6,11-12H2,1-2H3,(H2,19,20,21,22). The molecule has 0 aliphatic carbocycles. The molecule has 1 aromatic heterocycles. The van der Waals surface area contributed by atoms with Gasteiger partial charge in [0.05, 0.1) is 4.92 Å². The summed E-state index contributed by atoms with van der Waals surface area (Å²) in [5.74, 6) is 0.365. The van der Waals surface area contributed by atoms with Gasteiger partial charge in [0.2, 0.25) is 11.6 Å². The molecule has 1 heterocycles. The van der Waals surface area contributed by atoms with Crippen LogP contribution in [0.15, 0.2) is 30.6 Å². The molecule has 8 nitrogen and oxygen atoms in total. The van der Waals surface area contributed by atoms with Crippen molar-refractivity contribution in [1.82, 2.24) is 9.97 Å². The van der Waals surface area contributed by atoms with Gasteiger partial charge in [0.1, 0.15) is 6.33 Å². The van der Waals surface area contributed by atoms with Crippen molar-refractivity contribution < 1.29 is 9.66 Å². The van der Waals surface area contributed by atoms with Gasteiger partial charge in [-0.2, -0.15) is 0 Å². The molecule has 0 amide bonds. The number of methoxy groups -OCH3 is 1.